The Morgan fingerprint density at radius 3 is 2.57 bits per heavy atom. The molecule has 0 unspecified atom stereocenters. The molecule has 1 aliphatic rings. The highest BCUT2D eigenvalue weighted by Crippen LogP contribution is 2.34. The first-order valence-electron chi connectivity index (χ1n) is 9.67. The van der Waals surface area contributed by atoms with Crippen molar-refractivity contribution in [2.75, 3.05) is 13.2 Å². The summed E-state index contributed by atoms with van der Waals surface area (Å²) in [5, 5.41) is 1.40. The van der Waals surface area contributed by atoms with E-state index in [2.05, 4.69) is 24.5 Å². The molecule has 0 aliphatic carbocycles. The number of carbonyl (C=O) groups is 2. The molecule has 4 rings (SSSR count). The average molecular weight is 441 g/mol. The number of hydrogen-bond acceptors (Lipinski definition) is 4. The molecule has 5 nitrogen and oxygen atoms in total. The number of fused-ring (bicyclic) bond motifs is 1. The summed E-state index contributed by atoms with van der Waals surface area (Å²) in [5.74, 6) is 0.356. The minimum atomic E-state index is -0.286. The molecule has 1 fully saturated rings. The third-order valence-electron chi connectivity index (χ3n) is 4.89. The van der Waals surface area contributed by atoms with Gasteiger partial charge in [0, 0.05) is 33.7 Å². The molecule has 0 bridgehead atoms. The fourth-order valence-electron chi connectivity index (χ4n) is 3.39. The highest BCUT2D eigenvalue weighted by molar-refractivity contribution is 8.18. The number of ether oxygens (including phenoxy) is 1. The molecule has 0 saturated carbocycles. The monoisotopic (exact) mass is 440 g/mol. The lowest BCUT2D eigenvalue weighted by molar-refractivity contribution is -0.123. The molecular formula is C23H21ClN2O3S. The minimum Gasteiger partial charge on any atom is -0.492 e. The van der Waals surface area contributed by atoms with E-state index in [1.54, 1.807) is 24.3 Å². The van der Waals surface area contributed by atoms with Crippen LogP contribution in [0.5, 0.6) is 5.75 Å². The number of hydrogen-bond donors (Lipinski definition) is 0. The van der Waals surface area contributed by atoms with Gasteiger partial charge in [-0.2, -0.15) is 0 Å². The van der Waals surface area contributed by atoms with Crippen molar-refractivity contribution in [3.05, 3.63) is 70.2 Å². The molecule has 1 aliphatic heterocycles. The Hall–Kier alpha value is -2.70. The van der Waals surface area contributed by atoms with Gasteiger partial charge in [0.2, 0.25) is 0 Å². The highest BCUT2D eigenvalue weighted by atomic mass is 35.5. The zero-order valence-corrected chi connectivity index (χ0v) is 18.2. The molecule has 0 radical (unpaired) electrons. The first-order chi connectivity index (χ1) is 14.4. The van der Waals surface area contributed by atoms with E-state index < -0.39 is 0 Å². The van der Waals surface area contributed by atoms with E-state index in [0.29, 0.717) is 15.7 Å². The van der Waals surface area contributed by atoms with E-state index in [1.807, 2.05) is 30.5 Å². The van der Waals surface area contributed by atoms with Crippen LogP contribution in [0.25, 0.3) is 17.0 Å². The fourth-order valence-corrected chi connectivity index (χ4v) is 4.38. The van der Waals surface area contributed by atoms with Crippen LogP contribution in [0, 0.1) is 0 Å². The maximum absolute atomic E-state index is 12.8. The number of para-hydroxylation sites is 1. The number of aromatic nitrogens is 1. The Labute approximate surface area is 184 Å². The molecule has 2 heterocycles. The Bertz CT molecular complexity index is 1140. The summed E-state index contributed by atoms with van der Waals surface area (Å²) in [7, 11) is 0. The van der Waals surface area contributed by atoms with Crippen molar-refractivity contribution in [2.24, 2.45) is 0 Å². The maximum atomic E-state index is 12.8. The molecule has 3 aromatic rings. The van der Waals surface area contributed by atoms with Gasteiger partial charge in [0.15, 0.2) is 0 Å². The van der Waals surface area contributed by atoms with Gasteiger partial charge in [-0.3, -0.25) is 14.5 Å². The summed E-state index contributed by atoms with van der Waals surface area (Å²) < 4.78 is 7.80. The van der Waals surface area contributed by atoms with Crippen LogP contribution in [0.15, 0.2) is 59.6 Å². The molecule has 7 heteroatoms. The molecule has 2 amide bonds. The van der Waals surface area contributed by atoms with Crippen LogP contribution in [0.3, 0.4) is 0 Å². The first kappa shape index (κ1) is 20.6. The van der Waals surface area contributed by atoms with Gasteiger partial charge in [0.25, 0.3) is 11.1 Å². The van der Waals surface area contributed by atoms with Crippen molar-refractivity contribution in [1.29, 1.82) is 0 Å². The Morgan fingerprint density at radius 1 is 1.10 bits per heavy atom. The van der Waals surface area contributed by atoms with E-state index in [4.69, 9.17) is 16.3 Å². The molecule has 0 spiro atoms. The number of benzene rings is 2. The molecule has 2 aromatic carbocycles. The lowest BCUT2D eigenvalue weighted by Crippen LogP contribution is -2.32. The number of thioether (sulfide) groups is 1. The number of rotatable bonds is 6. The summed E-state index contributed by atoms with van der Waals surface area (Å²) >= 11 is 6.83. The van der Waals surface area contributed by atoms with Gasteiger partial charge in [-0.15, -0.1) is 0 Å². The fraction of sp³-hybridized carbons (Fsp3) is 0.217. The maximum Gasteiger partial charge on any atom is 0.293 e. The summed E-state index contributed by atoms with van der Waals surface area (Å²) in [6.07, 6.45) is 3.85. The van der Waals surface area contributed by atoms with Crippen molar-refractivity contribution < 1.29 is 14.3 Å². The van der Waals surface area contributed by atoms with Crippen LogP contribution in [-0.4, -0.2) is 33.8 Å². The summed E-state index contributed by atoms with van der Waals surface area (Å²) in [5.41, 5.74) is 2.04. The molecule has 30 heavy (non-hydrogen) atoms. The number of nitrogens with zero attached hydrogens (tertiary/aromatic N) is 2. The van der Waals surface area contributed by atoms with E-state index in [1.165, 1.54) is 4.90 Å². The van der Waals surface area contributed by atoms with Gasteiger partial charge >= 0.3 is 0 Å². The van der Waals surface area contributed by atoms with E-state index in [-0.39, 0.29) is 30.3 Å². The summed E-state index contributed by atoms with van der Waals surface area (Å²) in [6, 6.07) is 15.3. The molecular weight excluding hydrogens is 420 g/mol. The molecule has 0 atom stereocenters. The zero-order chi connectivity index (χ0) is 21.3. The number of halogens is 1. The predicted octanol–water partition coefficient (Wildman–Crippen LogP) is 5.99. The summed E-state index contributed by atoms with van der Waals surface area (Å²) in [6.45, 7) is 4.65. The van der Waals surface area contributed by atoms with Gasteiger partial charge in [0.1, 0.15) is 12.4 Å². The first-order valence-corrected chi connectivity index (χ1v) is 10.9. The van der Waals surface area contributed by atoms with Gasteiger partial charge in [-0.1, -0.05) is 29.8 Å². The van der Waals surface area contributed by atoms with Crippen molar-refractivity contribution in [3.63, 3.8) is 0 Å². The van der Waals surface area contributed by atoms with Crippen LogP contribution in [-0.2, 0) is 4.79 Å². The minimum absolute atomic E-state index is 0.193. The van der Waals surface area contributed by atoms with Crippen LogP contribution >= 0.6 is 23.4 Å². The van der Waals surface area contributed by atoms with Gasteiger partial charge in [-0.05, 0) is 62.0 Å². The quantitative estimate of drug-likeness (QED) is 0.442. The topological polar surface area (TPSA) is 51.5 Å². The van der Waals surface area contributed by atoms with E-state index in [0.717, 1.165) is 28.2 Å². The van der Waals surface area contributed by atoms with Gasteiger partial charge in [-0.25, -0.2) is 0 Å². The number of carbonyl (C=O) groups excluding carboxylic acids is 2. The molecule has 1 saturated heterocycles. The Morgan fingerprint density at radius 2 is 1.83 bits per heavy atom. The second-order valence-corrected chi connectivity index (χ2v) is 8.67. The highest BCUT2D eigenvalue weighted by Gasteiger charge is 2.35. The van der Waals surface area contributed by atoms with Crippen LogP contribution in [0.1, 0.15) is 25.5 Å². The van der Waals surface area contributed by atoms with E-state index >= 15 is 0 Å². The van der Waals surface area contributed by atoms with Crippen molar-refractivity contribution in [2.45, 2.75) is 19.9 Å². The summed E-state index contributed by atoms with van der Waals surface area (Å²) in [4.78, 5) is 26.9. The average Bonchev–Trinajstić information content (AvgIpc) is 3.22. The Kier molecular flexibility index (Phi) is 5.88. The van der Waals surface area contributed by atoms with Crippen LogP contribution in [0.4, 0.5) is 4.79 Å². The SMILES string of the molecule is CC(C)n1cc(/C=C2\SC(=O)N(CCOc3ccc(Cl)cc3)C2=O)c2ccccc21. The second kappa shape index (κ2) is 8.58. The third-order valence-corrected chi connectivity index (χ3v) is 6.04. The lowest BCUT2D eigenvalue weighted by atomic mass is 10.1. The molecule has 154 valence electrons. The van der Waals surface area contributed by atoms with Gasteiger partial charge in [0.05, 0.1) is 11.4 Å². The lowest BCUT2D eigenvalue weighted by Gasteiger charge is -2.13. The van der Waals surface area contributed by atoms with Crippen molar-refractivity contribution in [1.82, 2.24) is 9.47 Å². The van der Waals surface area contributed by atoms with Crippen molar-refractivity contribution in [3.8, 4) is 5.75 Å². The number of amides is 2. The largest absolute Gasteiger partial charge is 0.492 e. The van der Waals surface area contributed by atoms with Gasteiger partial charge < -0.3 is 9.30 Å². The smallest absolute Gasteiger partial charge is 0.293 e. The van der Waals surface area contributed by atoms with Crippen LogP contribution in [0.2, 0.25) is 5.02 Å². The second-order valence-electron chi connectivity index (χ2n) is 7.24. The van der Waals surface area contributed by atoms with Crippen LogP contribution < -0.4 is 4.74 Å². The molecule has 1 aromatic heterocycles. The third kappa shape index (κ3) is 4.11. The van der Waals surface area contributed by atoms with Crippen molar-refractivity contribution >= 4 is 51.5 Å². The predicted molar refractivity (Wildman–Crippen MR) is 122 cm³/mol. The standard InChI is InChI=1S/C23H21ClN2O3S/c1-15(2)26-14-16(19-5-3-4-6-20(19)26)13-21-22(27)25(23(28)30-21)11-12-29-18-9-7-17(24)8-10-18/h3-10,13-15H,11-12H2,1-2H3/b21-13-. The molecule has 0 N–H and O–H groups in total. The Balaban J connectivity index is 1.50. The normalized spacial score (nSPS) is 15.7. The number of imide groups is 1. The zero-order valence-electron chi connectivity index (χ0n) is 16.7. The van der Waals surface area contributed by atoms with E-state index in [9.17, 15) is 9.59 Å².